The molecule has 102 valence electrons. The fraction of sp³-hybridized carbons (Fsp3) is 0.357. The lowest BCUT2D eigenvalue weighted by atomic mass is 10.1. The van der Waals surface area contributed by atoms with Crippen molar-refractivity contribution in [1.82, 2.24) is 4.98 Å². The molecule has 0 aliphatic heterocycles. The van der Waals surface area contributed by atoms with Gasteiger partial charge in [-0.2, -0.15) is 0 Å². The van der Waals surface area contributed by atoms with Crippen LogP contribution in [0.25, 0.3) is 0 Å². The summed E-state index contributed by atoms with van der Waals surface area (Å²) in [6, 6.07) is 5.42. The van der Waals surface area contributed by atoms with E-state index in [0.717, 1.165) is 21.1 Å². The van der Waals surface area contributed by atoms with Crippen LogP contribution >= 0.6 is 11.3 Å². The van der Waals surface area contributed by atoms with E-state index in [4.69, 9.17) is 9.47 Å². The van der Waals surface area contributed by atoms with Gasteiger partial charge in [0.1, 0.15) is 6.10 Å². The van der Waals surface area contributed by atoms with Gasteiger partial charge in [-0.25, -0.2) is 4.98 Å². The lowest BCUT2D eigenvalue weighted by Crippen LogP contribution is -2.00. The summed E-state index contributed by atoms with van der Waals surface area (Å²) in [5, 5.41) is 11.4. The summed E-state index contributed by atoms with van der Waals surface area (Å²) in [7, 11) is 3.17. The number of hydrogen-bond acceptors (Lipinski definition) is 5. The summed E-state index contributed by atoms with van der Waals surface area (Å²) >= 11 is 1.51. The molecule has 1 N–H and O–H groups in total. The highest BCUT2D eigenvalue weighted by Crippen LogP contribution is 2.34. The number of methoxy groups -OCH3 is 2. The predicted octanol–water partition coefficient (Wildman–Crippen LogP) is 2.86. The summed E-state index contributed by atoms with van der Waals surface area (Å²) < 4.78 is 10.4. The molecule has 0 saturated heterocycles. The zero-order valence-corrected chi connectivity index (χ0v) is 12.2. The molecule has 0 aliphatic rings. The van der Waals surface area contributed by atoms with E-state index < -0.39 is 6.10 Å². The molecule has 0 saturated carbocycles. The first kappa shape index (κ1) is 13.8. The van der Waals surface area contributed by atoms with E-state index >= 15 is 0 Å². The second-order valence-corrected chi connectivity index (χ2v) is 5.43. The molecule has 1 heterocycles. The first-order valence-corrected chi connectivity index (χ1v) is 6.72. The van der Waals surface area contributed by atoms with Gasteiger partial charge in [-0.1, -0.05) is 6.07 Å². The number of aliphatic hydroxyl groups excluding tert-OH is 1. The van der Waals surface area contributed by atoms with Crippen LogP contribution in [0.15, 0.2) is 18.2 Å². The van der Waals surface area contributed by atoms with Crippen molar-refractivity contribution in [2.45, 2.75) is 20.0 Å². The van der Waals surface area contributed by atoms with Crippen LogP contribution in [0.3, 0.4) is 0 Å². The Morgan fingerprint density at radius 3 is 2.37 bits per heavy atom. The molecule has 0 amide bonds. The van der Waals surface area contributed by atoms with Crippen molar-refractivity contribution in [1.29, 1.82) is 0 Å². The van der Waals surface area contributed by atoms with Crippen LogP contribution in [0.1, 0.15) is 27.2 Å². The fourth-order valence-corrected chi connectivity index (χ4v) is 2.92. The topological polar surface area (TPSA) is 51.6 Å². The van der Waals surface area contributed by atoms with Crippen molar-refractivity contribution in [2.24, 2.45) is 0 Å². The molecule has 1 unspecified atom stereocenters. The molecule has 0 spiro atoms. The van der Waals surface area contributed by atoms with Crippen LogP contribution in [0.5, 0.6) is 11.5 Å². The molecule has 4 nitrogen and oxygen atoms in total. The van der Waals surface area contributed by atoms with Gasteiger partial charge in [0.05, 0.1) is 29.8 Å². The Balaban J connectivity index is 2.39. The van der Waals surface area contributed by atoms with Crippen molar-refractivity contribution in [2.75, 3.05) is 14.2 Å². The molecule has 0 bridgehead atoms. The fourth-order valence-electron chi connectivity index (χ4n) is 1.98. The minimum absolute atomic E-state index is 0.609. The Bertz CT molecular complexity index is 580. The van der Waals surface area contributed by atoms with Crippen LogP contribution in [0.2, 0.25) is 0 Å². The lowest BCUT2D eigenvalue weighted by molar-refractivity contribution is 0.222. The maximum atomic E-state index is 10.4. The molecule has 0 radical (unpaired) electrons. The Morgan fingerprint density at radius 1 is 1.16 bits per heavy atom. The number of ether oxygens (including phenoxy) is 2. The average molecular weight is 279 g/mol. The average Bonchev–Trinajstić information content (AvgIpc) is 2.76. The molecule has 19 heavy (non-hydrogen) atoms. The van der Waals surface area contributed by atoms with Gasteiger partial charge in [0, 0.05) is 0 Å². The van der Waals surface area contributed by atoms with Crippen molar-refractivity contribution in [3.8, 4) is 11.5 Å². The summed E-state index contributed by atoms with van der Waals surface area (Å²) in [5.74, 6) is 1.26. The highest BCUT2D eigenvalue weighted by Gasteiger charge is 2.18. The van der Waals surface area contributed by atoms with E-state index in [-0.39, 0.29) is 0 Å². The van der Waals surface area contributed by atoms with E-state index in [1.54, 1.807) is 26.4 Å². The van der Waals surface area contributed by atoms with E-state index in [1.807, 2.05) is 19.9 Å². The van der Waals surface area contributed by atoms with Gasteiger partial charge in [-0.15, -0.1) is 11.3 Å². The van der Waals surface area contributed by atoms with E-state index in [0.29, 0.717) is 11.5 Å². The first-order chi connectivity index (χ1) is 9.06. The lowest BCUT2D eigenvalue weighted by Gasteiger charge is -2.13. The van der Waals surface area contributed by atoms with Gasteiger partial charge < -0.3 is 14.6 Å². The number of rotatable bonds is 4. The maximum Gasteiger partial charge on any atom is 0.161 e. The third kappa shape index (κ3) is 2.72. The SMILES string of the molecule is COc1ccc(C(O)c2sc(C)nc2C)cc1OC. The van der Waals surface area contributed by atoms with Gasteiger partial charge in [0.15, 0.2) is 11.5 Å². The van der Waals surface area contributed by atoms with Crippen molar-refractivity contribution in [3.63, 3.8) is 0 Å². The zero-order valence-electron chi connectivity index (χ0n) is 11.4. The summed E-state index contributed by atoms with van der Waals surface area (Å²) in [5.41, 5.74) is 1.63. The molecule has 0 fully saturated rings. The molecule has 1 aromatic heterocycles. The quantitative estimate of drug-likeness (QED) is 0.935. The van der Waals surface area contributed by atoms with Crippen LogP contribution in [0, 0.1) is 13.8 Å². The second kappa shape index (κ2) is 5.59. The zero-order chi connectivity index (χ0) is 14.0. The van der Waals surface area contributed by atoms with Crippen molar-refractivity contribution < 1.29 is 14.6 Å². The number of aliphatic hydroxyl groups is 1. The molecular weight excluding hydrogens is 262 g/mol. The van der Waals surface area contributed by atoms with Gasteiger partial charge in [-0.05, 0) is 31.5 Å². The highest BCUT2D eigenvalue weighted by atomic mass is 32.1. The van der Waals surface area contributed by atoms with Gasteiger partial charge >= 0.3 is 0 Å². The second-order valence-electron chi connectivity index (χ2n) is 4.20. The van der Waals surface area contributed by atoms with E-state index in [2.05, 4.69) is 4.98 Å². The number of thiazole rings is 1. The number of hydrogen-bond donors (Lipinski definition) is 1. The Labute approximate surface area is 116 Å². The van der Waals surface area contributed by atoms with Gasteiger partial charge in [0.25, 0.3) is 0 Å². The minimum Gasteiger partial charge on any atom is -0.493 e. The smallest absolute Gasteiger partial charge is 0.161 e. The molecular formula is C14H17NO3S. The Hall–Kier alpha value is -1.59. The van der Waals surface area contributed by atoms with E-state index in [9.17, 15) is 5.11 Å². The van der Waals surface area contributed by atoms with Crippen molar-refractivity contribution >= 4 is 11.3 Å². The molecule has 2 rings (SSSR count). The molecule has 2 aromatic rings. The third-order valence-corrected chi connectivity index (χ3v) is 4.04. The molecule has 5 heteroatoms. The summed E-state index contributed by atoms with van der Waals surface area (Å²) in [4.78, 5) is 5.20. The van der Waals surface area contributed by atoms with Crippen LogP contribution in [-0.2, 0) is 0 Å². The first-order valence-electron chi connectivity index (χ1n) is 5.90. The van der Waals surface area contributed by atoms with Gasteiger partial charge in [0.2, 0.25) is 0 Å². The number of nitrogens with zero attached hydrogens (tertiary/aromatic N) is 1. The van der Waals surface area contributed by atoms with E-state index in [1.165, 1.54) is 11.3 Å². The van der Waals surface area contributed by atoms with Crippen molar-refractivity contribution in [3.05, 3.63) is 39.3 Å². The highest BCUT2D eigenvalue weighted by molar-refractivity contribution is 7.11. The van der Waals surface area contributed by atoms with Crippen LogP contribution in [-0.4, -0.2) is 24.3 Å². The summed E-state index contributed by atoms with van der Waals surface area (Å²) in [6.45, 7) is 3.84. The third-order valence-electron chi connectivity index (χ3n) is 2.91. The largest absolute Gasteiger partial charge is 0.493 e. The van der Waals surface area contributed by atoms with Crippen LogP contribution < -0.4 is 9.47 Å². The molecule has 1 atom stereocenters. The predicted molar refractivity (Wildman–Crippen MR) is 75.2 cm³/mol. The molecule has 0 aliphatic carbocycles. The normalized spacial score (nSPS) is 12.3. The Morgan fingerprint density at radius 2 is 1.84 bits per heavy atom. The standard InChI is InChI=1S/C14H17NO3S/c1-8-14(19-9(2)15-8)13(16)10-5-6-11(17-3)12(7-10)18-4/h5-7,13,16H,1-4H3. The number of aromatic nitrogens is 1. The number of aryl methyl sites for hydroxylation is 2. The molecule has 1 aromatic carbocycles. The number of benzene rings is 1. The van der Waals surface area contributed by atoms with Gasteiger partial charge in [-0.3, -0.25) is 0 Å². The van der Waals surface area contributed by atoms with Crippen LogP contribution in [0.4, 0.5) is 0 Å². The monoisotopic (exact) mass is 279 g/mol. The summed E-state index contributed by atoms with van der Waals surface area (Å²) in [6.07, 6.45) is -0.689. The minimum atomic E-state index is -0.689. The Kier molecular flexibility index (Phi) is 4.07. The maximum absolute atomic E-state index is 10.4.